The summed E-state index contributed by atoms with van der Waals surface area (Å²) in [6.07, 6.45) is -1.20. The fraction of sp³-hybridized carbons (Fsp3) is 0.364. The number of benzene rings is 2. The van der Waals surface area contributed by atoms with Crippen molar-refractivity contribution in [3.05, 3.63) is 53.6 Å². The molecule has 2 atom stereocenters. The summed E-state index contributed by atoms with van der Waals surface area (Å²) in [5.41, 5.74) is 6.01. The van der Waals surface area contributed by atoms with E-state index in [4.69, 9.17) is 15.3 Å². The molecule has 0 aromatic heterocycles. The summed E-state index contributed by atoms with van der Waals surface area (Å²) in [4.78, 5) is 30.5. The Kier molecular flexibility index (Phi) is 7.35. The molecule has 2 aromatic rings. The van der Waals surface area contributed by atoms with E-state index in [0.29, 0.717) is 11.1 Å². The average molecular weight is 436 g/mol. The number of ether oxygens (including phenoxy) is 1. The van der Waals surface area contributed by atoms with Gasteiger partial charge >= 0.3 is 11.9 Å². The van der Waals surface area contributed by atoms with Crippen LogP contribution in [0.25, 0.3) is 11.1 Å². The molecule has 0 saturated heterocycles. The van der Waals surface area contributed by atoms with Crippen molar-refractivity contribution in [2.75, 3.05) is 12.8 Å². The van der Waals surface area contributed by atoms with E-state index < -0.39 is 41.3 Å². The molecule has 7 nitrogen and oxygen atoms in total. The summed E-state index contributed by atoms with van der Waals surface area (Å²) in [6, 6.07) is 6.45. The molecular formula is C22H26F2N2O5. The highest BCUT2D eigenvalue weighted by Crippen LogP contribution is 2.28. The predicted octanol–water partition coefficient (Wildman–Crippen LogP) is 3.31. The van der Waals surface area contributed by atoms with Gasteiger partial charge in [0.25, 0.3) is 0 Å². The maximum Gasteiger partial charge on any atom is 0.359 e. The summed E-state index contributed by atoms with van der Waals surface area (Å²) in [7, 11) is 1.16. The van der Waals surface area contributed by atoms with Gasteiger partial charge in [-0.25, -0.2) is 13.6 Å². The Bertz CT molecular complexity index is 973. The zero-order chi connectivity index (χ0) is 23.5. The van der Waals surface area contributed by atoms with Crippen molar-refractivity contribution in [3.63, 3.8) is 0 Å². The lowest BCUT2D eigenvalue weighted by molar-refractivity contribution is -0.217. The normalized spacial score (nSPS) is 13.6. The first kappa shape index (κ1) is 24.2. The van der Waals surface area contributed by atoms with Crippen LogP contribution in [0.15, 0.2) is 36.4 Å². The van der Waals surface area contributed by atoms with Crippen LogP contribution < -0.4 is 5.73 Å². The van der Waals surface area contributed by atoms with Gasteiger partial charge in [-0.3, -0.25) is 4.79 Å². The quantitative estimate of drug-likeness (QED) is 0.407. The topological polar surface area (TPSA) is 102 Å². The molecule has 0 aliphatic carbocycles. The van der Waals surface area contributed by atoms with Gasteiger partial charge in [-0.2, -0.15) is 0 Å². The highest BCUT2D eigenvalue weighted by molar-refractivity contribution is 5.96. The van der Waals surface area contributed by atoms with Crippen molar-refractivity contribution >= 4 is 17.6 Å². The Morgan fingerprint density at radius 2 is 1.65 bits per heavy atom. The molecule has 0 amide bonds. The van der Waals surface area contributed by atoms with E-state index in [-0.39, 0.29) is 11.3 Å². The molecule has 31 heavy (non-hydrogen) atoms. The van der Waals surface area contributed by atoms with Crippen LogP contribution in [0.3, 0.4) is 0 Å². The van der Waals surface area contributed by atoms with Crippen LogP contribution in [0.5, 0.6) is 0 Å². The monoisotopic (exact) mass is 436 g/mol. The first-order valence-electron chi connectivity index (χ1n) is 9.49. The van der Waals surface area contributed by atoms with E-state index in [1.165, 1.54) is 31.2 Å². The average Bonchev–Trinajstić information content (AvgIpc) is 2.68. The molecule has 0 aliphatic rings. The maximum atomic E-state index is 13.5. The highest BCUT2D eigenvalue weighted by atomic mass is 19.2. The smallest absolute Gasteiger partial charge is 0.359 e. The molecule has 3 N–H and O–H groups in total. The molecule has 0 fully saturated rings. The second-order valence-corrected chi connectivity index (χ2v) is 8.01. The number of carbonyl (C=O) groups excluding carboxylic acids is 2. The van der Waals surface area contributed by atoms with Crippen LogP contribution in [0.4, 0.5) is 14.5 Å². The molecule has 0 unspecified atom stereocenters. The first-order chi connectivity index (χ1) is 14.4. The molecule has 0 heterocycles. The number of anilines is 1. The van der Waals surface area contributed by atoms with Gasteiger partial charge in [-0.05, 0) is 63.1 Å². The minimum absolute atomic E-state index is 0.00482. The van der Waals surface area contributed by atoms with Gasteiger partial charge in [0.2, 0.25) is 0 Å². The Labute approximate surface area is 179 Å². The van der Waals surface area contributed by atoms with Gasteiger partial charge in [-0.15, -0.1) is 5.06 Å². The van der Waals surface area contributed by atoms with Crippen molar-refractivity contribution in [2.24, 2.45) is 0 Å². The Morgan fingerprint density at radius 3 is 2.13 bits per heavy atom. The van der Waals surface area contributed by atoms with E-state index in [2.05, 4.69) is 0 Å². The van der Waals surface area contributed by atoms with Crippen LogP contribution in [0, 0.1) is 11.6 Å². The fourth-order valence-electron chi connectivity index (χ4n) is 2.96. The van der Waals surface area contributed by atoms with Crippen molar-refractivity contribution in [2.45, 2.75) is 45.4 Å². The van der Waals surface area contributed by atoms with Crippen LogP contribution in [-0.2, 0) is 14.4 Å². The number of halogens is 2. The molecule has 2 rings (SSSR count). The lowest BCUT2D eigenvalue weighted by atomic mass is 10.0. The number of esters is 1. The third-order valence-electron chi connectivity index (χ3n) is 4.52. The number of nitrogen functional groups attached to an aromatic ring is 1. The fourth-order valence-corrected chi connectivity index (χ4v) is 2.96. The molecule has 168 valence electrons. The zero-order valence-corrected chi connectivity index (χ0v) is 18.0. The largest absolute Gasteiger partial charge is 0.468 e. The number of hydroxylamine groups is 2. The summed E-state index contributed by atoms with van der Waals surface area (Å²) in [5.74, 6) is -3.62. The molecular weight excluding hydrogens is 410 g/mol. The van der Waals surface area contributed by atoms with Gasteiger partial charge in [-0.1, -0.05) is 12.1 Å². The van der Waals surface area contributed by atoms with E-state index in [0.717, 1.165) is 24.3 Å². The standard InChI is InChI=1S/C22H26F2N2O5/c1-12(27)19(21(29)30-5)26(22(2,3)4)31-20(28)15-8-6-14(11-18(15)25)13-7-9-16(23)17(24)10-13/h6-12,19,27H,25H2,1-5H3/t12-,19+/m0/s1. The lowest BCUT2D eigenvalue weighted by Crippen LogP contribution is -2.56. The van der Waals surface area contributed by atoms with Crippen molar-refractivity contribution < 1.29 is 33.1 Å². The molecule has 0 bridgehead atoms. The second-order valence-electron chi connectivity index (χ2n) is 8.01. The highest BCUT2D eigenvalue weighted by Gasteiger charge is 2.41. The number of hydrogen-bond acceptors (Lipinski definition) is 7. The van der Waals surface area contributed by atoms with Crippen LogP contribution in [0.1, 0.15) is 38.1 Å². The third-order valence-corrected chi connectivity index (χ3v) is 4.52. The first-order valence-corrected chi connectivity index (χ1v) is 9.49. The molecule has 0 aliphatic heterocycles. The van der Waals surface area contributed by atoms with Gasteiger partial charge in [0.05, 0.1) is 18.8 Å². The number of aliphatic hydroxyl groups is 1. The number of rotatable bonds is 6. The Balaban J connectivity index is 2.36. The summed E-state index contributed by atoms with van der Waals surface area (Å²) in [5, 5.41) is 11.1. The minimum Gasteiger partial charge on any atom is -0.468 e. The van der Waals surface area contributed by atoms with E-state index in [1.807, 2.05) is 0 Å². The minimum atomic E-state index is -1.27. The van der Waals surface area contributed by atoms with Crippen molar-refractivity contribution in [1.29, 1.82) is 0 Å². The second kappa shape index (κ2) is 9.40. The summed E-state index contributed by atoms with van der Waals surface area (Å²) < 4.78 is 31.4. The predicted molar refractivity (Wildman–Crippen MR) is 111 cm³/mol. The van der Waals surface area contributed by atoms with Crippen LogP contribution in [-0.4, -0.2) is 46.9 Å². The van der Waals surface area contributed by atoms with Crippen LogP contribution >= 0.6 is 0 Å². The van der Waals surface area contributed by atoms with E-state index in [9.17, 15) is 23.5 Å². The number of hydrogen-bond donors (Lipinski definition) is 2. The summed E-state index contributed by atoms with van der Waals surface area (Å²) >= 11 is 0. The molecule has 0 spiro atoms. The number of nitrogens with zero attached hydrogens (tertiary/aromatic N) is 1. The molecule has 0 radical (unpaired) electrons. The zero-order valence-electron chi connectivity index (χ0n) is 18.0. The van der Waals surface area contributed by atoms with E-state index in [1.54, 1.807) is 20.8 Å². The van der Waals surface area contributed by atoms with E-state index >= 15 is 0 Å². The third kappa shape index (κ3) is 5.56. The van der Waals surface area contributed by atoms with Gasteiger partial charge in [0, 0.05) is 11.2 Å². The maximum absolute atomic E-state index is 13.5. The number of carbonyl (C=O) groups is 2. The Morgan fingerprint density at radius 1 is 1.06 bits per heavy atom. The lowest BCUT2D eigenvalue weighted by Gasteiger charge is -2.38. The number of aliphatic hydroxyl groups excluding tert-OH is 1. The van der Waals surface area contributed by atoms with Gasteiger partial charge in [0.1, 0.15) is 0 Å². The van der Waals surface area contributed by atoms with Crippen LogP contribution in [0.2, 0.25) is 0 Å². The molecule has 2 aromatic carbocycles. The SMILES string of the molecule is COC(=O)[C@@H]([C@H](C)O)N(OC(=O)c1ccc(-c2ccc(F)c(F)c2)cc1N)C(C)(C)C. The molecule has 0 saturated carbocycles. The van der Waals surface area contributed by atoms with Gasteiger partial charge < -0.3 is 20.4 Å². The van der Waals surface area contributed by atoms with Crippen molar-refractivity contribution in [3.8, 4) is 11.1 Å². The Hall–Kier alpha value is -3.04. The van der Waals surface area contributed by atoms with Gasteiger partial charge in [0.15, 0.2) is 17.7 Å². The van der Waals surface area contributed by atoms with Crippen molar-refractivity contribution in [1.82, 2.24) is 5.06 Å². The number of nitrogens with two attached hydrogens (primary N) is 1. The number of methoxy groups -OCH3 is 1. The molecule has 9 heteroatoms. The summed E-state index contributed by atoms with van der Waals surface area (Å²) in [6.45, 7) is 6.44.